The zero-order valence-electron chi connectivity index (χ0n) is 13.8. The fourth-order valence-corrected chi connectivity index (χ4v) is 4.37. The summed E-state index contributed by atoms with van der Waals surface area (Å²) in [6, 6.07) is 0. The minimum Gasteiger partial charge on any atom is -0.381 e. The minimum atomic E-state index is 0.0462. The van der Waals surface area contributed by atoms with Crippen LogP contribution in [0.15, 0.2) is 12.7 Å². The predicted octanol–water partition coefficient (Wildman–Crippen LogP) is 2.49. The van der Waals surface area contributed by atoms with Crippen molar-refractivity contribution >= 4 is 0 Å². The monoisotopic (exact) mass is 309 g/mol. The Morgan fingerprint density at radius 2 is 2.09 bits per heavy atom. The second-order valence-corrected chi connectivity index (χ2v) is 7.12. The maximum atomic E-state index is 6.32. The maximum Gasteiger partial charge on any atom is 0.0859 e. The molecule has 0 amide bonds. The van der Waals surface area contributed by atoms with E-state index >= 15 is 0 Å². The Balaban J connectivity index is 1.54. The summed E-state index contributed by atoms with van der Waals surface area (Å²) in [5.41, 5.74) is 0.0462. The molecule has 0 aromatic carbocycles. The lowest BCUT2D eigenvalue weighted by atomic mass is 9.88. The Morgan fingerprint density at radius 1 is 1.23 bits per heavy atom. The first-order valence-corrected chi connectivity index (χ1v) is 8.95. The molecule has 0 bridgehead atoms. The normalized spacial score (nSPS) is 34.3. The zero-order chi connectivity index (χ0) is 15.3. The average molecular weight is 309 g/mol. The second kappa shape index (κ2) is 7.91. The van der Waals surface area contributed by atoms with Gasteiger partial charge in [-0.05, 0) is 31.6 Å². The van der Waals surface area contributed by atoms with Gasteiger partial charge in [-0.3, -0.25) is 4.90 Å². The molecule has 2 aliphatic heterocycles. The van der Waals surface area contributed by atoms with Crippen molar-refractivity contribution in [3.8, 4) is 0 Å². The van der Waals surface area contributed by atoms with Gasteiger partial charge in [0.25, 0.3) is 0 Å². The smallest absolute Gasteiger partial charge is 0.0859 e. The molecule has 2 heterocycles. The lowest BCUT2D eigenvalue weighted by molar-refractivity contribution is -0.143. The molecule has 3 fully saturated rings. The molecule has 1 saturated carbocycles. The van der Waals surface area contributed by atoms with Crippen molar-refractivity contribution in [1.82, 2.24) is 4.90 Å². The van der Waals surface area contributed by atoms with Gasteiger partial charge in [-0.15, -0.1) is 6.58 Å². The van der Waals surface area contributed by atoms with Crippen LogP contribution in [-0.4, -0.2) is 63.2 Å². The Labute approximate surface area is 134 Å². The molecule has 2 saturated heterocycles. The van der Waals surface area contributed by atoms with Crippen molar-refractivity contribution in [2.24, 2.45) is 11.8 Å². The summed E-state index contributed by atoms with van der Waals surface area (Å²) in [4.78, 5) is 2.64. The van der Waals surface area contributed by atoms with E-state index in [2.05, 4.69) is 11.5 Å². The van der Waals surface area contributed by atoms with Gasteiger partial charge in [0.15, 0.2) is 0 Å². The maximum absolute atomic E-state index is 6.32. The summed E-state index contributed by atoms with van der Waals surface area (Å²) in [6.07, 6.45) is 7.97. The fraction of sp³-hybridized carbons (Fsp3) is 0.889. The van der Waals surface area contributed by atoms with Crippen molar-refractivity contribution in [2.45, 2.75) is 37.7 Å². The van der Waals surface area contributed by atoms with Gasteiger partial charge in [0.2, 0.25) is 0 Å². The first kappa shape index (κ1) is 16.4. The standard InChI is InChI=1S/C18H31NO3/c1-2-9-21-14-17-4-3-7-18(17)15-19(8-12-22-18)13-16-5-10-20-11-6-16/h2,16-17H,1,3-15H2/t17-,18+/m0/s1. The molecule has 3 aliphatic rings. The number of hydrogen-bond acceptors (Lipinski definition) is 4. The average Bonchev–Trinajstić information content (AvgIpc) is 2.91. The van der Waals surface area contributed by atoms with Crippen LogP contribution in [0.3, 0.4) is 0 Å². The third kappa shape index (κ3) is 3.91. The molecule has 0 aromatic heterocycles. The van der Waals surface area contributed by atoms with Gasteiger partial charge in [-0.2, -0.15) is 0 Å². The van der Waals surface area contributed by atoms with Crippen LogP contribution in [0.4, 0.5) is 0 Å². The van der Waals surface area contributed by atoms with Crippen molar-refractivity contribution in [2.75, 3.05) is 52.7 Å². The third-order valence-corrected chi connectivity index (χ3v) is 5.60. The van der Waals surface area contributed by atoms with E-state index < -0.39 is 0 Å². The van der Waals surface area contributed by atoms with Gasteiger partial charge in [0.1, 0.15) is 0 Å². The first-order chi connectivity index (χ1) is 10.8. The van der Waals surface area contributed by atoms with Crippen molar-refractivity contribution in [1.29, 1.82) is 0 Å². The summed E-state index contributed by atoms with van der Waals surface area (Å²) < 4.78 is 17.5. The third-order valence-electron chi connectivity index (χ3n) is 5.60. The molecular weight excluding hydrogens is 278 g/mol. The van der Waals surface area contributed by atoms with Crippen molar-refractivity contribution < 1.29 is 14.2 Å². The fourth-order valence-electron chi connectivity index (χ4n) is 4.37. The Kier molecular flexibility index (Phi) is 5.91. The van der Waals surface area contributed by atoms with Crippen LogP contribution in [0, 0.1) is 11.8 Å². The van der Waals surface area contributed by atoms with E-state index in [1.807, 2.05) is 6.08 Å². The van der Waals surface area contributed by atoms with E-state index in [1.54, 1.807) is 0 Å². The predicted molar refractivity (Wildman–Crippen MR) is 87.0 cm³/mol. The number of rotatable bonds is 6. The van der Waals surface area contributed by atoms with Crippen LogP contribution >= 0.6 is 0 Å². The Morgan fingerprint density at radius 3 is 2.91 bits per heavy atom. The molecule has 3 rings (SSSR count). The Bertz CT molecular complexity index is 356. The van der Waals surface area contributed by atoms with E-state index in [1.165, 1.54) is 38.6 Å². The Hall–Kier alpha value is -0.420. The molecule has 4 nitrogen and oxygen atoms in total. The summed E-state index contributed by atoms with van der Waals surface area (Å²) in [5, 5.41) is 0. The lowest BCUT2D eigenvalue weighted by Gasteiger charge is -2.45. The highest BCUT2D eigenvalue weighted by Crippen LogP contribution is 2.41. The van der Waals surface area contributed by atoms with E-state index in [0.29, 0.717) is 12.5 Å². The van der Waals surface area contributed by atoms with Crippen LogP contribution in [0.1, 0.15) is 32.1 Å². The van der Waals surface area contributed by atoms with Gasteiger partial charge < -0.3 is 14.2 Å². The topological polar surface area (TPSA) is 30.9 Å². The number of hydrogen-bond donors (Lipinski definition) is 0. The van der Waals surface area contributed by atoms with Crippen molar-refractivity contribution in [3.63, 3.8) is 0 Å². The number of morpholine rings is 1. The second-order valence-electron chi connectivity index (χ2n) is 7.12. The molecule has 0 N–H and O–H groups in total. The van der Waals surface area contributed by atoms with E-state index in [4.69, 9.17) is 14.2 Å². The van der Waals surface area contributed by atoms with Gasteiger partial charge in [0.05, 0.1) is 25.4 Å². The lowest BCUT2D eigenvalue weighted by Crippen LogP contribution is -2.55. The van der Waals surface area contributed by atoms with Crippen molar-refractivity contribution in [3.05, 3.63) is 12.7 Å². The molecule has 4 heteroatoms. The minimum absolute atomic E-state index is 0.0462. The van der Waals surface area contributed by atoms with Crippen LogP contribution in [0.5, 0.6) is 0 Å². The number of nitrogens with zero attached hydrogens (tertiary/aromatic N) is 1. The summed E-state index contributed by atoms with van der Waals surface area (Å²) in [6.45, 7) is 11.3. The molecule has 1 aliphatic carbocycles. The van der Waals surface area contributed by atoms with E-state index in [0.717, 1.165) is 45.4 Å². The molecule has 0 radical (unpaired) electrons. The van der Waals surface area contributed by atoms with Crippen LogP contribution in [0.2, 0.25) is 0 Å². The molecule has 2 atom stereocenters. The van der Waals surface area contributed by atoms with Gasteiger partial charge >= 0.3 is 0 Å². The molecule has 0 unspecified atom stereocenters. The van der Waals surface area contributed by atoms with Gasteiger partial charge in [-0.25, -0.2) is 0 Å². The zero-order valence-corrected chi connectivity index (χ0v) is 13.8. The summed E-state index contributed by atoms with van der Waals surface area (Å²) in [5.74, 6) is 1.35. The summed E-state index contributed by atoms with van der Waals surface area (Å²) >= 11 is 0. The van der Waals surface area contributed by atoms with Gasteiger partial charge in [0, 0.05) is 38.8 Å². The molecule has 0 aromatic rings. The highest BCUT2D eigenvalue weighted by Gasteiger charge is 2.47. The van der Waals surface area contributed by atoms with Crippen LogP contribution in [0.25, 0.3) is 0 Å². The molecule has 126 valence electrons. The molecule has 22 heavy (non-hydrogen) atoms. The van der Waals surface area contributed by atoms with E-state index in [9.17, 15) is 0 Å². The first-order valence-electron chi connectivity index (χ1n) is 8.95. The van der Waals surface area contributed by atoms with Gasteiger partial charge in [-0.1, -0.05) is 12.5 Å². The highest BCUT2D eigenvalue weighted by atomic mass is 16.5. The molecule has 1 spiro atoms. The van der Waals surface area contributed by atoms with Crippen LogP contribution in [-0.2, 0) is 14.2 Å². The largest absolute Gasteiger partial charge is 0.381 e. The molecular formula is C18H31NO3. The number of ether oxygens (including phenoxy) is 3. The highest BCUT2D eigenvalue weighted by molar-refractivity contribution is 4.98. The van der Waals surface area contributed by atoms with E-state index in [-0.39, 0.29) is 5.60 Å². The van der Waals surface area contributed by atoms with Crippen LogP contribution < -0.4 is 0 Å². The quantitative estimate of drug-likeness (QED) is 0.557. The summed E-state index contributed by atoms with van der Waals surface area (Å²) in [7, 11) is 0. The SMILES string of the molecule is C=CCOC[C@@H]1CCC[C@@]12CN(CC1CCOCC1)CCO2.